The Balaban J connectivity index is 1.06. The molecule has 2 atom stereocenters. The van der Waals surface area contributed by atoms with Gasteiger partial charge in [0.25, 0.3) is 0 Å². The van der Waals surface area contributed by atoms with Crippen LogP contribution in [0.3, 0.4) is 0 Å². The van der Waals surface area contributed by atoms with Gasteiger partial charge in [0.2, 0.25) is 23.6 Å². The summed E-state index contributed by atoms with van der Waals surface area (Å²) in [7, 11) is 0. The molecule has 1 fully saturated rings. The van der Waals surface area contributed by atoms with E-state index in [1.54, 1.807) is 28.4 Å². The van der Waals surface area contributed by atoms with E-state index < -0.39 is 29.3 Å². The number of primary amides is 1. The van der Waals surface area contributed by atoms with Crippen LogP contribution in [0, 0.1) is 12.3 Å². The van der Waals surface area contributed by atoms with Gasteiger partial charge in [0.15, 0.2) is 0 Å². The molecule has 0 spiro atoms. The van der Waals surface area contributed by atoms with E-state index in [-0.39, 0.29) is 31.6 Å². The van der Waals surface area contributed by atoms with Gasteiger partial charge in [0.1, 0.15) is 31.0 Å². The fourth-order valence-electron chi connectivity index (χ4n) is 5.93. The molecule has 51 heavy (non-hydrogen) atoms. The van der Waals surface area contributed by atoms with Crippen molar-refractivity contribution in [3.8, 4) is 27.3 Å². The summed E-state index contributed by atoms with van der Waals surface area (Å²) in [5.74, 6) is -0.746. The highest BCUT2D eigenvalue weighted by molar-refractivity contribution is 7.13. The molecule has 1 aliphatic heterocycles. The molecule has 4 aromatic rings. The molecule has 1 aromatic heterocycles. The van der Waals surface area contributed by atoms with Gasteiger partial charge in [-0.3, -0.25) is 19.2 Å². The summed E-state index contributed by atoms with van der Waals surface area (Å²) in [6, 6.07) is 21.1. The standard InChI is InChI=1S/C39H45N5O6S/c1-25-34(51-24-42-25)29-9-7-26(8-10-29)22-41-37(47)32-6-5-19-44(32)38(48)35(39(2,3)4)43-33(45)23-49-20-21-50-31-17-15-28(16-18-31)27-11-13-30(14-12-27)36(40)46/h7-18,24,32,35H,5-6,19-23H2,1-4H3,(H2,40,46)(H,41,47)(H,43,45)/t32-,35+/m0/s1. The summed E-state index contributed by atoms with van der Waals surface area (Å²) in [6.07, 6.45) is 1.26. The van der Waals surface area contributed by atoms with E-state index in [2.05, 4.69) is 15.6 Å². The average molecular weight is 712 g/mol. The Hall–Kier alpha value is -5.07. The molecule has 4 N–H and O–H groups in total. The molecular formula is C39H45N5O6S. The number of hydrogen-bond acceptors (Lipinski definition) is 8. The van der Waals surface area contributed by atoms with Crippen LogP contribution in [-0.4, -0.2) is 72.0 Å². The predicted octanol–water partition coefficient (Wildman–Crippen LogP) is 5.12. The number of aromatic nitrogens is 1. The first-order valence-electron chi connectivity index (χ1n) is 17.0. The van der Waals surface area contributed by atoms with Crippen molar-refractivity contribution in [2.45, 2.75) is 59.2 Å². The summed E-state index contributed by atoms with van der Waals surface area (Å²) < 4.78 is 11.3. The van der Waals surface area contributed by atoms with Gasteiger partial charge in [-0.05, 0) is 71.7 Å². The van der Waals surface area contributed by atoms with Crippen molar-refractivity contribution in [3.05, 3.63) is 95.1 Å². The van der Waals surface area contributed by atoms with Gasteiger partial charge in [0.05, 0.1) is 22.7 Å². The largest absolute Gasteiger partial charge is 0.491 e. The number of nitrogens with two attached hydrogens (primary N) is 1. The second-order valence-electron chi connectivity index (χ2n) is 13.6. The molecule has 0 unspecified atom stereocenters. The van der Waals surface area contributed by atoms with Gasteiger partial charge in [-0.15, -0.1) is 11.3 Å². The van der Waals surface area contributed by atoms with Crippen LogP contribution in [0.1, 0.15) is 55.2 Å². The second kappa shape index (κ2) is 16.8. The number of nitrogens with one attached hydrogen (secondary N) is 2. The van der Waals surface area contributed by atoms with Crippen LogP contribution in [-0.2, 0) is 25.7 Å². The van der Waals surface area contributed by atoms with Crippen molar-refractivity contribution in [2.24, 2.45) is 11.1 Å². The van der Waals surface area contributed by atoms with Crippen molar-refractivity contribution in [2.75, 3.05) is 26.4 Å². The van der Waals surface area contributed by atoms with Crippen LogP contribution in [0.25, 0.3) is 21.6 Å². The molecule has 4 amide bonds. The number of benzene rings is 3. The number of likely N-dealkylation sites (tertiary alicyclic amines) is 1. The third-order valence-electron chi connectivity index (χ3n) is 8.77. The molecule has 268 valence electrons. The van der Waals surface area contributed by atoms with E-state index >= 15 is 0 Å². The fraction of sp³-hybridized carbons (Fsp3) is 0.359. The fourth-order valence-corrected chi connectivity index (χ4v) is 6.75. The van der Waals surface area contributed by atoms with Gasteiger partial charge in [-0.2, -0.15) is 0 Å². The lowest BCUT2D eigenvalue weighted by Crippen LogP contribution is -2.58. The minimum Gasteiger partial charge on any atom is -0.491 e. The van der Waals surface area contributed by atoms with Gasteiger partial charge in [-0.1, -0.05) is 69.3 Å². The summed E-state index contributed by atoms with van der Waals surface area (Å²) in [6.45, 7) is 8.57. The maximum Gasteiger partial charge on any atom is 0.248 e. The zero-order valence-corrected chi connectivity index (χ0v) is 30.3. The van der Waals surface area contributed by atoms with Gasteiger partial charge >= 0.3 is 0 Å². The molecule has 2 heterocycles. The van der Waals surface area contributed by atoms with Crippen LogP contribution < -0.4 is 21.1 Å². The summed E-state index contributed by atoms with van der Waals surface area (Å²) in [5.41, 5.74) is 11.9. The Bertz CT molecular complexity index is 1820. The van der Waals surface area contributed by atoms with E-state index in [4.69, 9.17) is 15.2 Å². The number of ether oxygens (including phenoxy) is 2. The third-order valence-corrected chi connectivity index (χ3v) is 9.75. The Kier molecular flexibility index (Phi) is 12.2. The summed E-state index contributed by atoms with van der Waals surface area (Å²) in [5, 5.41) is 5.86. The highest BCUT2D eigenvalue weighted by Gasteiger charge is 2.41. The van der Waals surface area contributed by atoms with E-state index in [9.17, 15) is 19.2 Å². The molecule has 5 rings (SSSR count). The lowest BCUT2D eigenvalue weighted by Gasteiger charge is -2.35. The van der Waals surface area contributed by atoms with Crippen LogP contribution in [0.4, 0.5) is 0 Å². The number of aryl methyl sites for hydroxylation is 1. The second-order valence-corrected chi connectivity index (χ2v) is 14.5. The molecule has 11 nitrogen and oxygen atoms in total. The average Bonchev–Trinajstić information content (AvgIpc) is 3.79. The monoisotopic (exact) mass is 711 g/mol. The van der Waals surface area contributed by atoms with Crippen molar-refractivity contribution in [1.29, 1.82) is 0 Å². The molecule has 12 heteroatoms. The molecular weight excluding hydrogens is 667 g/mol. The quantitative estimate of drug-likeness (QED) is 0.154. The molecule has 0 aliphatic carbocycles. The SMILES string of the molecule is Cc1ncsc1-c1ccc(CNC(=O)[C@@H]2CCCN2C(=O)[C@@H](NC(=O)COCCOc2ccc(-c3ccc(C(N)=O)cc3)cc2)C(C)(C)C)cc1. The number of amides is 4. The first-order valence-corrected chi connectivity index (χ1v) is 17.9. The Morgan fingerprint density at radius 2 is 1.59 bits per heavy atom. The van der Waals surface area contributed by atoms with Gasteiger partial charge in [-0.25, -0.2) is 4.98 Å². The highest BCUT2D eigenvalue weighted by atomic mass is 32.1. The molecule has 0 saturated carbocycles. The maximum absolute atomic E-state index is 13.8. The Morgan fingerprint density at radius 3 is 2.20 bits per heavy atom. The topological polar surface area (TPSA) is 153 Å². The number of carbonyl (C=O) groups is 4. The van der Waals surface area contributed by atoms with Crippen LogP contribution in [0.2, 0.25) is 0 Å². The normalized spacial score (nSPS) is 14.9. The van der Waals surface area contributed by atoms with E-state index in [0.717, 1.165) is 32.8 Å². The van der Waals surface area contributed by atoms with Gasteiger partial charge in [0, 0.05) is 18.7 Å². The van der Waals surface area contributed by atoms with E-state index in [0.29, 0.717) is 37.2 Å². The summed E-state index contributed by atoms with van der Waals surface area (Å²) >= 11 is 1.59. The van der Waals surface area contributed by atoms with Crippen LogP contribution in [0.5, 0.6) is 5.75 Å². The third kappa shape index (κ3) is 9.80. The number of rotatable bonds is 14. The summed E-state index contributed by atoms with van der Waals surface area (Å²) in [4.78, 5) is 58.4. The molecule has 1 aliphatic rings. The number of nitrogens with zero attached hydrogens (tertiary/aromatic N) is 2. The number of thiazole rings is 1. The minimum atomic E-state index is -0.841. The van der Waals surface area contributed by atoms with Crippen molar-refractivity contribution in [3.63, 3.8) is 0 Å². The van der Waals surface area contributed by atoms with Crippen molar-refractivity contribution < 1.29 is 28.7 Å². The first-order chi connectivity index (χ1) is 24.4. The number of carbonyl (C=O) groups excluding carboxylic acids is 4. The zero-order chi connectivity index (χ0) is 36.5. The smallest absolute Gasteiger partial charge is 0.248 e. The predicted molar refractivity (Wildman–Crippen MR) is 197 cm³/mol. The zero-order valence-electron chi connectivity index (χ0n) is 29.4. The van der Waals surface area contributed by atoms with Crippen LogP contribution in [0.15, 0.2) is 78.3 Å². The number of hydrogen-bond donors (Lipinski definition) is 3. The minimum absolute atomic E-state index is 0.167. The lowest BCUT2D eigenvalue weighted by molar-refractivity contribution is -0.144. The van der Waals surface area contributed by atoms with Crippen molar-refractivity contribution >= 4 is 35.0 Å². The Morgan fingerprint density at radius 1 is 0.941 bits per heavy atom. The van der Waals surface area contributed by atoms with Crippen molar-refractivity contribution in [1.82, 2.24) is 20.5 Å². The van der Waals surface area contributed by atoms with Crippen LogP contribution >= 0.6 is 11.3 Å². The van der Waals surface area contributed by atoms with Gasteiger partial charge < -0.3 is 30.7 Å². The molecule has 3 aromatic carbocycles. The molecule has 0 radical (unpaired) electrons. The van der Waals surface area contributed by atoms with E-state index in [1.165, 1.54) is 0 Å². The maximum atomic E-state index is 13.8. The molecule has 1 saturated heterocycles. The lowest BCUT2D eigenvalue weighted by atomic mass is 9.85. The highest BCUT2D eigenvalue weighted by Crippen LogP contribution is 2.28. The molecule has 0 bridgehead atoms. The van der Waals surface area contributed by atoms with E-state index in [1.807, 2.05) is 93.9 Å². The first kappa shape index (κ1) is 37.2. The Labute approximate surface area is 302 Å².